The van der Waals surface area contributed by atoms with Crippen LogP contribution in [-0.2, 0) is 5.41 Å². The number of urea groups is 1. The topological polar surface area (TPSA) is 105 Å². The summed E-state index contributed by atoms with van der Waals surface area (Å²) in [5.41, 5.74) is 1.27. The Morgan fingerprint density at radius 1 is 1.09 bits per heavy atom. The van der Waals surface area contributed by atoms with Crippen molar-refractivity contribution in [3.63, 3.8) is 0 Å². The normalized spacial score (nSPS) is 18.8. The van der Waals surface area contributed by atoms with Crippen LogP contribution in [0.2, 0.25) is 0 Å². The number of hydrogen-bond donors (Lipinski definition) is 2. The maximum Gasteiger partial charge on any atom is 0.361 e. The highest BCUT2D eigenvalue weighted by atomic mass is 19.1. The number of pyridine rings is 1. The van der Waals surface area contributed by atoms with E-state index < -0.39 is 18.0 Å². The van der Waals surface area contributed by atoms with E-state index in [9.17, 15) is 13.6 Å². The molecule has 3 aromatic rings. The van der Waals surface area contributed by atoms with Gasteiger partial charge in [-0.05, 0) is 54.8 Å². The van der Waals surface area contributed by atoms with Crippen LogP contribution in [-0.4, -0.2) is 27.8 Å². The van der Waals surface area contributed by atoms with E-state index in [1.54, 1.807) is 30.5 Å². The predicted octanol–water partition coefficient (Wildman–Crippen LogP) is 4.52. The fourth-order valence-corrected chi connectivity index (χ4v) is 4.05. The molecule has 1 atom stereocenters. The van der Waals surface area contributed by atoms with E-state index in [1.807, 2.05) is 0 Å². The van der Waals surface area contributed by atoms with E-state index in [1.165, 1.54) is 18.2 Å². The SMILES string of the molecule is O=C1N=NC(c2ccc(F)c(-c3ccc(NCC4(c5ncccc5F)CCC4)nn3)c2)N1. The van der Waals surface area contributed by atoms with E-state index in [0.29, 0.717) is 29.3 Å². The third-order valence-electron chi connectivity index (χ3n) is 5.95. The standard InChI is InChI=1S/C22H19F2N7O/c23-15-5-4-13(20-27-21(32)31-30-20)11-14(15)17-6-7-18(29-28-17)26-12-22(8-2-9-22)19-16(24)3-1-10-25-19/h1,3-7,10-11,20H,2,8-9,12H2,(H,26,29)(H,27,32). The average molecular weight is 435 g/mol. The van der Waals surface area contributed by atoms with Crippen LogP contribution in [0.25, 0.3) is 11.3 Å². The number of halogens is 2. The number of anilines is 1. The molecule has 1 unspecified atom stereocenters. The molecular weight excluding hydrogens is 416 g/mol. The molecule has 1 fully saturated rings. The third kappa shape index (κ3) is 3.68. The number of aromatic nitrogens is 3. The van der Waals surface area contributed by atoms with Crippen LogP contribution in [0.15, 0.2) is 58.9 Å². The Kier molecular flexibility index (Phi) is 5.04. The molecule has 8 nitrogen and oxygen atoms in total. The van der Waals surface area contributed by atoms with Crippen LogP contribution >= 0.6 is 0 Å². The molecule has 2 aromatic heterocycles. The van der Waals surface area contributed by atoms with Gasteiger partial charge >= 0.3 is 6.03 Å². The Morgan fingerprint density at radius 2 is 1.97 bits per heavy atom. The van der Waals surface area contributed by atoms with Crippen LogP contribution in [0.1, 0.15) is 36.7 Å². The highest BCUT2D eigenvalue weighted by Crippen LogP contribution is 2.43. The Hall–Kier alpha value is -3.82. The lowest BCUT2D eigenvalue weighted by molar-refractivity contribution is 0.243. The minimum Gasteiger partial charge on any atom is -0.368 e. The summed E-state index contributed by atoms with van der Waals surface area (Å²) in [5, 5.41) is 21.3. The summed E-state index contributed by atoms with van der Waals surface area (Å²) in [6, 6.07) is 10.2. The molecule has 0 bridgehead atoms. The molecule has 5 rings (SSSR count). The van der Waals surface area contributed by atoms with Crippen LogP contribution in [0.3, 0.4) is 0 Å². The lowest BCUT2D eigenvalue weighted by atomic mass is 9.66. The average Bonchev–Trinajstić information content (AvgIpc) is 3.21. The molecule has 1 saturated carbocycles. The summed E-state index contributed by atoms with van der Waals surface area (Å²) in [4.78, 5) is 15.5. The van der Waals surface area contributed by atoms with Gasteiger partial charge in [-0.15, -0.1) is 10.2 Å². The molecule has 0 radical (unpaired) electrons. The summed E-state index contributed by atoms with van der Waals surface area (Å²) in [6.07, 6.45) is 3.65. The van der Waals surface area contributed by atoms with E-state index in [2.05, 4.69) is 36.0 Å². The van der Waals surface area contributed by atoms with Crippen molar-refractivity contribution < 1.29 is 13.6 Å². The first-order valence-electron chi connectivity index (χ1n) is 10.2. The van der Waals surface area contributed by atoms with E-state index >= 15 is 0 Å². The summed E-state index contributed by atoms with van der Waals surface area (Å²) in [6.45, 7) is 0.477. The first-order chi connectivity index (χ1) is 15.5. The lowest BCUT2D eigenvalue weighted by Crippen LogP contribution is -2.42. The van der Waals surface area contributed by atoms with Crippen LogP contribution in [0.4, 0.5) is 19.4 Å². The number of amides is 2. The Morgan fingerprint density at radius 3 is 2.62 bits per heavy atom. The summed E-state index contributed by atoms with van der Waals surface area (Å²) in [5.74, 6) is -0.266. The molecule has 2 N–H and O–H groups in total. The van der Waals surface area contributed by atoms with Crippen molar-refractivity contribution in [3.05, 3.63) is 71.6 Å². The first kappa shape index (κ1) is 20.1. The molecule has 2 aliphatic rings. The molecule has 0 spiro atoms. The second-order valence-corrected chi connectivity index (χ2v) is 7.93. The minimum atomic E-state index is -0.651. The molecular formula is C22H19F2N7O. The van der Waals surface area contributed by atoms with Crippen molar-refractivity contribution in [1.82, 2.24) is 20.5 Å². The number of hydrogen-bond acceptors (Lipinski definition) is 6. The highest BCUT2D eigenvalue weighted by Gasteiger charge is 2.41. The second kappa shape index (κ2) is 8.03. The van der Waals surface area contributed by atoms with Gasteiger partial charge in [0.15, 0.2) is 6.17 Å². The van der Waals surface area contributed by atoms with E-state index in [-0.39, 0.29) is 16.8 Å². The molecule has 3 heterocycles. The minimum absolute atomic E-state index is 0.240. The maximum atomic E-state index is 14.4. The van der Waals surface area contributed by atoms with Gasteiger partial charge in [-0.2, -0.15) is 5.11 Å². The van der Waals surface area contributed by atoms with Crippen LogP contribution in [0.5, 0.6) is 0 Å². The molecule has 162 valence electrons. The third-order valence-corrected chi connectivity index (χ3v) is 5.95. The molecule has 10 heteroatoms. The van der Waals surface area contributed by atoms with Crippen LogP contribution in [0, 0.1) is 11.6 Å². The number of carbonyl (C=O) groups excluding carboxylic acids is 1. The van der Waals surface area contributed by atoms with Gasteiger partial charge in [0.25, 0.3) is 0 Å². The predicted molar refractivity (Wildman–Crippen MR) is 112 cm³/mol. The zero-order valence-corrected chi connectivity index (χ0v) is 16.9. The van der Waals surface area contributed by atoms with Crippen molar-refractivity contribution in [2.75, 3.05) is 11.9 Å². The van der Waals surface area contributed by atoms with Gasteiger partial charge in [0.05, 0.1) is 11.4 Å². The highest BCUT2D eigenvalue weighted by molar-refractivity contribution is 5.76. The summed E-state index contributed by atoms with van der Waals surface area (Å²) >= 11 is 0. The smallest absolute Gasteiger partial charge is 0.361 e. The lowest BCUT2D eigenvalue weighted by Gasteiger charge is -2.41. The summed E-state index contributed by atoms with van der Waals surface area (Å²) in [7, 11) is 0. The van der Waals surface area contributed by atoms with Crippen molar-refractivity contribution in [3.8, 4) is 11.3 Å². The van der Waals surface area contributed by atoms with E-state index in [4.69, 9.17) is 0 Å². The fraction of sp³-hybridized carbons (Fsp3) is 0.273. The number of rotatable bonds is 6. The Bertz CT molecular complexity index is 1200. The van der Waals surface area contributed by atoms with Gasteiger partial charge < -0.3 is 10.6 Å². The Labute approximate surface area is 182 Å². The van der Waals surface area contributed by atoms with Gasteiger partial charge in [-0.3, -0.25) is 4.98 Å². The monoisotopic (exact) mass is 435 g/mol. The zero-order chi connectivity index (χ0) is 22.1. The molecule has 1 aliphatic heterocycles. The van der Waals surface area contributed by atoms with Crippen molar-refractivity contribution in [2.45, 2.75) is 30.8 Å². The van der Waals surface area contributed by atoms with Crippen LogP contribution < -0.4 is 10.6 Å². The summed E-state index contributed by atoms with van der Waals surface area (Å²) < 4.78 is 28.7. The number of benzene rings is 1. The van der Waals surface area contributed by atoms with Gasteiger partial charge in [0.2, 0.25) is 0 Å². The fourth-order valence-electron chi connectivity index (χ4n) is 4.05. The molecule has 0 saturated heterocycles. The van der Waals surface area contributed by atoms with Crippen molar-refractivity contribution in [1.29, 1.82) is 0 Å². The number of nitrogens with zero attached hydrogens (tertiary/aromatic N) is 5. The molecule has 32 heavy (non-hydrogen) atoms. The van der Waals surface area contributed by atoms with Gasteiger partial charge in [0.1, 0.15) is 17.5 Å². The number of azo groups is 1. The zero-order valence-electron chi connectivity index (χ0n) is 16.9. The maximum absolute atomic E-state index is 14.4. The van der Waals surface area contributed by atoms with Gasteiger partial charge in [-0.25, -0.2) is 13.6 Å². The second-order valence-electron chi connectivity index (χ2n) is 7.93. The molecule has 2 amide bonds. The molecule has 1 aromatic carbocycles. The first-order valence-corrected chi connectivity index (χ1v) is 10.2. The Balaban J connectivity index is 1.32. The van der Waals surface area contributed by atoms with E-state index in [0.717, 1.165) is 19.3 Å². The van der Waals surface area contributed by atoms with Crippen molar-refractivity contribution in [2.24, 2.45) is 10.2 Å². The van der Waals surface area contributed by atoms with Gasteiger partial charge in [-0.1, -0.05) is 17.6 Å². The van der Waals surface area contributed by atoms with Crippen molar-refractivity contribution >= 4 is 11.8 Å². The number of nitrogens with one attached hydrogen (secondary N) is 2. The largest absolute Gasteiger partial charge is 0.368 e. The van der Waals surface area contributed by atoms with Gasteiger partial charge in [0, 0.05) is 23.7 Å². The quantitative estimate of drug-likeness (QED) is 0.592. The molecule has 1 aliphatic carbocycles. The number of carbonyl (C=O) groups is 1.